The van der Waals surface area contributed by atoms with Crippen molar-refractivity contribution in [2.24, 2.45) is 0 Å². The second kappa shape index (κ2) is 7.26. The maximum atomic E-state index is 11.9. The number of anilines is 1. The predicted octanol–water partition coefficient (Wildman–Crippen LogP) is 3.24. The van der Waals surface area contributed by atoms with E-state index in [1.807, 2.05) is 24.4 Å². The summed E-state index contributed by atoms with van der Waals surface area (Å²) in [5.41, 5.74) is 11.3. The fraction of sp³-hybridized carbons (Fsp3) is 0.217. The molecule has 0 radical (unpaired) electrons. The Labute approximate surface area is 173 Å². The minimum Gasteiger partial charge on any atom is -0.383 e. The molecular weight excluding hydrogens is 376 g/mol. The van der Waals surface area contributed by atoms with Crippen molar-refractivity contribution in [3.05, 3.63) is 61.2 Å². The number of hydrogen-bond donors (Lipinski definition) is 2. The van der Waals surface area contributed by atoms with Crippen molar-refractivity contribution in [2.75, 3.05) is 5.73 Å². The van der Waals surface area contributed by atoms with Gasteiger partial charge < -0.3 is 15.6 Å². The first-order chi connectivity index (χ1) is 14.7. The van der Waals surface area contributed by atoms with Crippen LogP contribution in [0.5, 0.6) is 0 Å². The SMILES string of the molecule is C=CC(=O)NC1CCCc2c(-c3cnc4ccccc4c3)c3c(N)ncnc3n2C1. The van der Waals surface area contributed by atoms with Gasteiger partial charge in [-0.25, -0.2) is 9.97 Å². The number of nitrogens with one attached hydrogen (secondary N) is 1. The van der Waals surface area contributed by atoms with Gasteiger partial charge in [-0.3, -0.25) is 9.78 Å². The molecule has 1 aliphatic rings. The Balaban J connectivity index is 1.72. The molecule has 1 amide bonds. The molecule has 1 aliphatic heterocycles. The number of nitrogens with two attached hydrogens (primary N) is 1. The standard InChI is InChI=1S/C23H22N6O/c1-2-19(30)28-16-7-5-9-18-20(15-10-14-6-3-4-8-17(14)25-11-15)21-22(24)26-13-27-23(21)29(18)12-16/h2-4,6,8,10-11,13,16H,1,5,7,9,12H2,(H,28,30)(H2,24,26,27). The normalized spacial score (nSPS) is 16.2. The molecule has 0 saturated heterocycles. The van der Waals surface area contributed by atoms with Crippen molar-refractivity contribution in [2.45, 2.75) is 31.8 Å². The van der Waals surface area contributed by atoms with E-state index in [9.17, 15) is 4.79 Å². The molecule has 1 aromatic carbocycles. The number of para-hydroxylation sites is 1. The molecule has 4 heterocycles. The smallest absolute Gasteiger partial charge is 0.243 e. The Morgan fingerprint density at radius 1 is 1.27 bits per heavy atom. The van der Waals surface area contributed by atoms with Crippen LogP contribution in [0.2, 0.25) is 0 Å². The number of nitrogen functional groups attached to an aromatic ring is 1. The van der Waals surface area contributed by atoms with Crippen LogP contribution >= 0.6 is 0 Å². The second-order valence-corrected chi connectivity index (χ2v) is 7.61. The molecule has 0 fully saturated rings. The van der Waals surface area contributed by atoms with Gasteiger partial charge in [-0.1, -0.05) is 24.8 Å². The number of rotatable bonds is 3. The molecule has 0 saturated carbocycles. The van der Waals surface area contributed by atoms with E-state index in [4.69, 9.17) is 5.73 Å². The fourth-order valence-electron chi connectivity index (χ4n) is 4.42. The zero-order valence-electron chi connectivity index (χ0n) is 16.5. The number of aromatic nitrogens is 4. The average molecular weight is 398 g/mol. The van der Waals surface area contributed by atoms with Crippen LogP contribution in [0.25, 0.3) is 33.1 Å². The van der Waals surface area contributed by atoms with Crippen LogP contribution in [0.3, 0.4) is 0 Å². The molecule has 0 bridgehead atoms. The molecule has 7 nitrogen and oxygen atoms in total. The van der Waals surface area contributed by atoms with Gasteiger partial charge in [0, 0.05) is 41.0 Å². The number of carbonyl (C=O) groups is 1. The van der Waals surface area contributed by atoms with Crippen LogP contribution < -0.4 is 11.1 Å². The van der Waals surface area contributed by atoms with Crippen LogP contribution in [0.1, 0.15) is 18.5 Å². The highest BCUT2D eigenvalue weighted by molar-refractivity contribution is 6.03. The van der Waals surface area contributed by atoms with Gasteiger partial charge in [0.2, 0.25) is 5.91 Å². The van der Waals surface area contributed by atoms with Crippen LogP contribution in [0.4, 0.5) is 5.82 Å². The van der Waals surface area contributed by atoms with E-state index in [0.29, 0.717) is 12.4 Å². The molecule has 30 heavy (non-hydrogen) atoms. The molecule has 150 valence electrons. The molecule has 3 N–H and O–H groups in total. The largest absolute Gasteiger partial charge is 0.383 e. The van der Waals surface area contributed by atoms with Gasteiger partial charge in [-0.05, 0) is 37.5 Å². The predicted molar refractivity (Wildman–Crippen MR) is 118 cm³/mol. The third-order valence-electron chi connectivity index (χ3n) is 5.76. The average Bonchev–Trinajstić information content (AvgIpc) is 2.93. The number of hydrogen-bond acceptors (Lipinski definition) is 5. The molecule has 7 heteroatoms. The van der Waals surface area contributed by atoms with E-state index in [-0.39, 0.29) is 11.9 Å². The third-order valence-corrected chi connectivity index (χ3v) is 5.76. The summed E-state index contributed by atoms with van der Waals surface area (Å²) in [6.07, 6.45) is 7.39. The van der Waals surface area contributed by atoms with Crippen molar-refractivity contribution < 1.29 is 4.79 Å². The zero-order valence-corrected chi connectivity index (χ0v) is 16.5. The maximum Gasteiger partial charge on any atom is 0.243 e. The number of nitrogens with zero attached hydrogens (tertiary/aromatic N) is 4. The Bertz CT molecular complexity index is 1290. The molecule has 1 unspecified atom stereocenters. The number of amides is 1. The lowest BCUT2D eigenvalue weighted by Gasteiger charge is -2.17. The summed E-state index contributed by atoms with van der Waals surface area (Å²) in [5.74, 6) is 0.295. The quantitative estimate of drug-likeness (QED) is 0.516. The third kappa shape index (κ3) is 2.99. The monoisotopic (exact) mass is 398 g/mol. The number of carbonyl (C=O) groups excluding carboxylic acids is 1. The summed E-state index contributed by atoms with van der Waals surface area (Å²) in [6, 6.07) is 10.2. The van der Waals surface area contributed by atoms with E-state index < -0.39 is 0 Å². The van der Waals surface area contributed by atoms with Gasteiger partial charge in [-0.15, -0.1) is 0 Å². The van der Waals surface area contributed by atoms with Gasteiger partial charge in [0.05, 0.1) is 10.9 Å². The summed E-state index contributed by atoms with van der Waals surface area (Å²) < 4.78 is 2.18. The van der Waals surface area contributed by atoms with Crippen molar-refractivity contribution in [1.29, 1.82) is 0 Å². The zero-order chi connectivity index (χ0) is 20.7. The summed E-state index contributed by atoms with van der Waals surface area (Å²) in [6.45, 7) is 4.19. The topological polar surface area (TPSA) is 98.7 Å². The Hall–Kier alpha value is -3.74. The van der Waals surface area contributed by atoms with Gasteiger partial charge in [0.25, 0.3) is 0 Å². The molecule has 3 aromatic heterocycles. The first kappa shape index (κ1) is 18.3. The van der Waals surface area contributed by atoms with Crippen molar-refractivity contribution >= 4 is 33.7 Å². The van der Waals surface area contributed by atoms with Gasteiger partial charge in [0.1, 0.15) is 17.8 Å². The Kier molecular flexibility index (Phi) is 4.43. The summed E-state index contributed by atoms with van der Waals surface area (Å²) in [5, 5.41) is 4.96. The van der Waals surface area contributed by atoms with Crippen molar-refractivity contribution in [1.82, 2.24) is 24.8 Å². The van der Waals surface area contributed by atoms with Gasteiger partial charge >= 0.3 is 0 Å². The van der Waals surface area contributed by atoms with Crippen LogP contribution in [-0.4, -0.2) is 31.5 Å². The fourth-order valence-corrected chi connectivity index (χ4v) is 4.42. The number of benzene rings is 1. The van der Waals surface area contributed by atoms with Crippen LogP contribution in [0, 0.1) is 0 Å². The van der Waals surface area contributed by atoms with Gasteiger partial charge in [0.15, 0.2) is 0 Å². The lowest BCUT2D eigenvalue weighted by molar-refractivity contribution is -0.117. The molecule has 0 aliphatic carbocycles. The highest BCUT2D eigenvalue weighted by Gasteiger charge is 2.26. The first-order valence-corrected chi connectivity index (χ1v) is 10.1. The van der Waals surface area contributed by atoms with Crippen LogP contribution in [0.15, 0.2) is 55.5 Å². The molecule has 1 atom stereocenters. The summed E-state index contributed by atoms with van der Waals surface area (Å²) >= 11 is 0. The summed E-state index contributed by atoms with van der Waals surface area (Å²) in [7, 11) is 0. The highest BCUT2D eigenvalue weighted by Crippen LogP contribution is 2.39. The molecule has 0 spiro atoms. The number of fused-ring (bicyclic) bond motifs is 4. The second-order valence-electron chi connectivity index (χ2n) is 7.61. The van der Waals surface area contributed by atoms with E-state index in [0.717, 1.165) is 58.0 Å². The van der Waals surface area contributed by atoms with E-state index in [1.165, 1.54) is 12.4 Å². The summed E-state index contributed by atoms with van der Waals surface area (Å²) in [4.78, 5) is 25.3. The Morgan fingerprint density at radius 2 is 2.13 bits per heavy atom. The lowest BCUT2D eigenvalue weighted by Crippen LogP contribution is -2.36. The van der Waals surface area contributed by atoms with Crippen LogP contribution in [-0.2, 0) is 17.8 Å². The molecule has 4 aromatic rings. The van der Waals surface area contributed by atoms with E-state index in [1.54, 1.807) is 0 Å². The minimum absolute atomic E-state index is 0.00567. The molecular formula is C23H22N6O. The highest BCUT2D eigenvalue weighted by atomic mass is 16.1. The van der Waals surface area contributed by atoms with Crippen molar-refractivity contribution in [3.63, 3.8) is 0 Å². The first-order valence-electron chi connectivity index (χ1n) is 10.1. The lowest BCUT2D eigenvalue weighted by atomic mass is 10.00. The van der Waals surface area contributed by atoms with Crippen molar-refractivity contribution in [3.8, 4) is 11.1 Å². The molecule has 5 rings (SSSR count). The minimum atomic E-state index is -0.159. The Morgan fingerprint density at radius 3 is 3.00 bits per heavy atom. The van der Waals surface area contributed by atoms with E-state index in [2.05, 4.69) is 43.5 Å². The number of pyridine rings is 1. The maximum absolute atomic E-state index is 11.9. The van der Waals surface area contributed by atoms with Gasteiger partial charge in [-0.2, -0.15) is 0 Å². The van der Waals surface area contributed by atoms with E-state index >= 15 is 0 Å².